The van der Waals surface area contributed by atoms with Crippen molar-refractivity contribution in [2.75, 3.05) is 43.4 Å². The number of nitrogens with one attached hydrogen (secondary N) is 1. The minimum Gasteiger partial charge on any atom is -0.475 e. The SMILES string of the molecule is CN1CC(=O)N(c2ccsc2)CC12CCN(C(=O)Nc1ccccc1F)C2.O=C(O)C(F)(F)F. The molecule has 34 heavy (non-hydrogen) atoms. The Morgan fingerprint density at radius 3 is 2.44 bits per heavy atom. The lowest BCUT2D eigenvalue weighted by molar-refractivity contribution is -0.192. The fraction of sp³-hybridized carbons (Fsp3) is 0.381. The first-order valence-electron chi connectivity index (χ1n) is 10.1. The van der Waals surface area contributed by atoms with Crippen LogP contribution >= 0.6 is 11.3 Å². The molecule has 4 rings (SSSR count). The molecule has 1 aromatic heterocycles. The maximum Gasteiger partial charge on any atom is 0.490 e. The van der Waals surface area contributed by atoms with Gasteiger partial charge >= 0.3 is 18.2 Å². The van der Waals surface area contributed by atoms with Crippen molar-refractivity contribution in [3.8, 4) is 0 Å². The molecule has 2 saturated heterocycles. The third-order valence-corrected chi connectivity index (χ3v) is 6.40. The van der Waals surface area contributed by atoms with Crippen molar-refractivity contribution in [1.29, 1.82) is 0 Å². The molecule has 0 radical (unpaired) electrons. The number of anilines is 2. The van der Waals surface area contributed by atoms with Crippen LogP contribution in [0.2, 0.25) is 0 Å². The van der Waals surface area contributed by atoms with Crippen molar-refractivity contribution in [1.82, 2.24) is 9.80 Å². The minimum atomic E-state index is -5.08. The van der Waals surface area contributed by atoms with E-state index in [1.807, 2.05) is 28.8 Å². The number of halogens is 4. The lowest BCUT2D eigenvalue weighted by atomic mass is 9.93. The second kappa shape index (κ2) is 9.97. The fourth-order valence-electron chi connectivity index (χ4n) is 3.83. The van der Waals surface area contributed by atoms with Crippen LogP contribution in [0, 0.1) is 5.82 Å². The largest absolute Gasteiger partial charge is 0.490 e. The van der Waals surface area contributed by atoms with Crippen molar-refractivity contribution in [2.45, 2.75) is 18.1 Å². The number of para-hydroxylation sites is 1. The third kappa shape index (κ3) is 5.65. The molecule has 1 unspecified atom stereocenters. The molecule has 0 saturated carbocycles. The molecule has 2 aliphatic rings. The van der Waals surface area contributed by atoms with E-state index in [-0.39, 0.29) is 23.2 Å². The average molecular weight is 502 g/mol. The topological polar surface area (TPSA) is 93.2 Å². The van der Waals surface area contributed by atoms with Gasteiger partial charge in [0.25, 0.3) is 0 Å². The van der Waals surface area contributed by atoms with Crippen LogP contribution in [0.4, 0.5) is 33.7 Å². The molecule has 0 bridgehead atoms. The molecule has 3 heterocycles. The summed E-state index contributed by atoms with van der Waals surface area (Å²) < 4.78 is 45.5. The lowest BCUT2D eigenvalue weighted by Gasteiger charge is -2.46. The van der Waals surface area contributed by atoms with Crippen molar-refractivity contribution >= 4 is 40.6 Å². The predicted molar refractivity (Wildman–Crippen MR) is 117 cm³/mol. The van der Waals surface area contributed by atoms with Gasteiger partial charge in [0.2, 0.25) is 5.91 Å². The number of carboxylic acids is 1. The average Bonchev–Trinajstić information content (AvgIpc) is 3.43. The van der Waals surface area contributed by atoms with Gasteiger partial charge in [-0.15, -0.1) is 0 Å². The van der Waals surface area contributed by atoms with E-state index in [0.29, 0.717) is 26.2 Å². The molecule has 2 aromatic rings. The summed E-state index contributed by atoms with van der Waals surface area (Å²) in [7, 11) is 1.93. The number of rotatable bonds is 2. The second-order valence-electron chi connectivity index (χ2n) is 7.93. The van der Waals surface area contributed by atoms with Gasteiger partial charge in [0, 0.05) is 25.0 Å². The number of nitrogens with zero attached hydrogens (tertiary/aromatic N) is 3. The monoisotopic (exact) mass is 502 g/mol. The summed E-state index contributed by atoms with van der Waals surface area (Å²) in [6.07, 6.45) is -4.32. The van der Waals surface area contributed by atoms with E-state index in [1.54, 1.807) is 34.4 Å². The number of hydrogen-bond acceptors (Lipinski definition) is 5. The summed E-state index contributed by atoms with van der Waals surface area (Å²) in [6.45, 7) is 1.93. The summed E-state index contributed by atoms with van der Waals surface area (Å²) in [5.74, 6) is -3.15. The summed E-state index contributed by atoms with van der Waals surface area (Å²) in [5.41, 5.74) is 0.796. The first kappa shape index (κ1) is 25.4. The van der Waals surface area contributed by atoms with E-state index < -0.39 is 18.0 Å². The van der Waals surface area contributed by atoms with E-state index in [9.17, 15) is 27.2 Å². The number of benzene rings is 1. The van der Waals surface area contributed by atoms with Crippen molar-refractivity contribution in [2.24, 2.45) is 0 Å². The van der Waals surface area contributed by atoms with E-state index in [0.717, 1.165) is 12.1 Å². The van der Waals surface area contributed by atoms with Gasteiger partial charge in [0.1, 0.15) is 5.82 Å². The van der Waals surface area contributed by atoms with Crippen LogP contribution in [0.15, 0.2) is 41.1 Å². The smallest absolute Gasteiger partial charge is 0.475 e. The molecule has 8 nitrogen and oxygen atoms in total. The third-order valence-electron chi connectivity index (χ3n) is 5.73. The Kier molecular flexibility index (Phi) is 7.46. The molecular weight excluding hydrogens is 480 g/mol. The van der Waals surface area contributed by atoms with Gasteiger partial charge in [-0.1, -0.05) is 12.1 Å². The quantitative estimate of drug-likeness (QED) is 0.614. The molecule has 1 spiro atoms. The molecule has 2 aliphatic heterocycles. The summed E-state index contributed by atoms with van der Waals surface area (Å²) in [4.78, 5) is 39.6. The zero-order valence-corrected chi connectivity index (χ0v) is 18.8. The number of amides is 3. The molecule has 2 fully saturated rings. The van der Waals surface area contributed by atoms with Gasteiger partial charge in [-0.2, -0.15) is 24.5 Å². The maximum absolute atomic E-state index is 13.8. The number of carbonyl (C=O) groups is 3. The van der Waals surface area contributed by atoms with Gasteiger partial charge in [-0.3, -0.25) is 9.69 Å². The molecule has 0 aliphatic carbocycles. The standard InChI is InChI=1S/C19H21FN4O2S.C2HF3O2/c1-22-10-17(25)24(14-6-9-27-11-14)13-19(22)7-8-23(12-19)18(26)21-16-5-3-2-4-15(16)20;3-2(4,5)1(6)7/h2-6,9,11H,7-8,10,12-13H2,1H3,(H,21,26);(H,6,7). The number of aliphatic carboxylic acids is 1. The van der Waals surface area contributed by atoms with Crippen molar-refractivity contribution < 1.29 is 37.1 Å². The predicted octanol–water partition coefficient (Wildman–Crippen LogP) is 3.48. The fourth-order valence-corrected chi connectivity index (χ4v) is 4.47. The highest BCUT2D eigenvalue weighted by molar-refractivity contribution is 7.08. The minimum absolute atomic E-state index is 0.0655. The van der Waals surface area contributed by atoms with Crippen molar-refractivity contribution in [3.63, 3.8) is 0 Å². The Morgan fingerprint density at radius 1 is 1.18 bits per heavy atom. The number of piperazine rings is 1. The molecule has 2 N–H and O–H groups in total. The Balaban J connectivity index is 0.000000406. The van der Waals surface area contributed by atoms with Crippen LogP contribution in [0.5, 0.6) is 0 Å². The highest BCUT2D eigenvalue weighted by Gasteiger charge is 2.48. The number of hydrogen-bond donors (Lipinski definition) is 2. The molecule has 1 atom stereocenters. The van der Waals surface area contributed by atoms with E-state index in [1.165, 1.54) is 6.07 Å². The van der Waals surface area contributed by atoms with Crippen LogP contribution in [0.1, 0.15) is 6.42 Å². The maximum atomic E-state index is 13.8. The highest BCUT2D eigenvalue weighted by Crippen LogP contribution is 2.34. The molecule has 184 valence electrons. The summed E-state index contributed by atoms with van der Waals surface area (Å²) in [6, 6.07) is 7.76. The van der Waals surface area contributed by atoms with E-state index in [4.69, 9.17) is 9.90 Å². The zero-order valence-electron chi connectivity index (χ0n) is 18.0. The number of likely N-dealkylation sites (tertiary alicyclic amines) is 1. The molecule has 3 amide bonds. The van der Waals surface area contributed by atoms with Gasteiger partial charge in [-0.25, -0.2) is 14.0 Å². The van der Waals surface area contributed by atoms with E-state index in [2.05, 4.69) is 10.2 Å². The van der Waals surface area contributed by atoms with Gasteiger partial charge in [0.05, 0.1) is 23.5 Å². The van der Waals surface area contributed by atoms with Gasteiger partial charge in [-0.05, 0) is 37.0 Å². The van der Waals surface area contributed by atoms with E-state index >= 15 is 0 Å². The molecular formula is C21H22F4N4O4S. The second-order valence-corrected chi connectivity index (χ2v) is 8.71. The first-order chi connectivity index (χ1) is 15.9. The van der Waals surface area contributed by atoms with Crippen LogP contribution in [0.3, 0.4) is 0 Å². The first-order valence-corrected chi connectivity index (χ1v) is 11.0. The summed E-state index contributed by atoms with van der Waals surface area (Å²) >= 11 is 1.56. The molecule has 1 aromatic carbocycles. The number of likely N-dealkylation sites (N-methyl/N-ethyl adjacent to an activating group) is 1. The highest BCUT2D eigenvalue weighted by atomic mass is 32.1. The number of thiophene rings is 1. The number of carboxylic acid groups (broad SMARTS) is 1. The van der Waals surface area contributed by atoms with Crippen LogP contribution in [0.25, 0.3) is 0 Å². The van der Waals surface area contributed by atoms with Crippen LogP contribution < -0.4 is 10.2 Å². The Bertz CT molecular complexity index is 1050. The zero-order chi connectivity index (χ0) is 25.1. The normalized spacial score (nSPS) is 20.8. The van der Waals surface area contributed by atoms with Crippen LogP contribution in [-0.2, 0) is 9.59 Å². The Labute approximate surface area is 196 Å². The number of urea groups is 1. The lowest BCUT2D eigenvalue weighted by Crippen LogP contribution is -2.64. The summed E-state index contributed by atoms with van der Waals surface area (Å²) in [5, 5.41) is 13.7. The number of alkyl halides is 3. The van der Waals surface area contributed by atoms with Crippen LogP contribution in [-0.4, -0.2) is 77.8 Å². The van der Waals surface area contributed by atoms with Crippen molar-refractivity contribution in [3.05, 3.63) is 46.9 Å². The van der Waals surface area contributed by atoms with Gasteiger partial charge < -0.3 is 20.2 Å². The Morgan fingerprint density at radius 2 is 1.85 bits per heavy atom. The Hall–Kier alpha value is -3.19. The number of carbonyl (C=O) groups excluding carboxylic acids is 2. The van der Waals surface area contributed by atoms with Gasteiger partial charge in [0.15, 0.2) is 0 Å². The molecule has 13 heteroatoms.